The van der Waals surface area contributed by atoms with Crippen LogP contribution in [0.25, 0.3) is 0 Å². The van der Waals surface area contributed by atoms with Gasteiger partial charge in [0.2, 0.25) is 4.77 Å². The first-order valence-electron chi connectivity index (χ1n) is 8.33. The van der Waals surface area contributed by atoms with Crippen molar-refractivity contribution in [1.82, 2.24) is 14.8 Å². The van der Waals surface area contributed by atoms with Gasteiger partial charge in [0.05, 0.1) is 12.1 Å². The molecule has 0 aliphatic rings. The van der Waals surface area contributed by atoms with E-state index in [2.05, 4.69) is 10.1 Å². The normalized spacial score (nSPS) is 15.8. The number of aromatic nitrogens is 3. The number of benzene rings is 1. The van der Waals surface area contributed by atoms with Gasteiger partial charge in [-0.1, -0.05) is 33.8 Å². The van der Waals surface area contributed by atoms with Crippen LogP contribution in [-0.4, -0.2) is 26.0 Å². The molecule has 0 amide bonds. The highest BCUT2D eigenvalue weighted by atomic mass is 32.1. The zero-order valence-corrected chi connectivity index (χ0v) is 15.8. The van der Waals surface area contributed by atoms with Crippen molar-refractivity contribution in [3.05, 3.63) is 46.5 Å². The first kappa shape index (κ1) is 19.7. The molecule has 138 valence electrons. The summed E-state index contributed by atoms with van der Waals surface area (Å²) in [6, 6.07) is 3.32. The van der Waals surface area contributed by atoms with Crippen LogP contribution in [0.15, 0.2) is 24.5 Å². The summed E-state index contributed by atoms with van der Waals surface area (Å²) in [4.78, 5) is 4.03. The molecule has 0 saturated carbocycles. The lowest BCUT2D eigenvalue weighted by atomic mass is 9.81. The second kappa shape index (κ2) is 7.74. The topological polar surface area (TPSA) is 53.8 Å². The van der Waals surface area contributed by atoms with Crippen LogP contribution in [0.4, 0.5) is 8.78 Å². The molecule has 0 aliphatic carbocycles. The van der Waals surface area contributed by atoms with E-state index in [4.69, 9.17) is 12.2 Å². The number of aliphatic hydroxyl groups is 1. The molecule has 3 unspecified atom stereocenters. The summed E-state index contributed by atoms with van der Waals surface area (Å²) < 4.78 is 29.0. The molecule has 0 fully saturated rings. The van der Waals surface area contributed by atoms with E-state index in [-0.39, 0.29) is 17.4 Å². The van der Waals surface area contributed by atoms with Gasteiger partial charge >= 0.3 is 0 Å². The van der Waals surface area contributed by atoms with E-state index in [1.54, 1.807) is 4.68 Å². The number of hydrogen-bond acceptors (Lipinski definition) is 3. The summed E-state index contributed by atoms with van der Waals surface area (Å²) in [5.74, 6) is -1.08. The van der Waals surface area contributed by atoms with Crippen molar-refractivity contribution in [3.63, 3.8) is 0 Å². The zero-order valence-electron chi connectivity index (χ0n) is 15.0. The van der Waals surface area contributed by atoms with E-state index in [0.717, 1.165) is 6.07 Å². The first-order valence-corrected chi connectivity index (χ1v) is 8.74. The number of rotatable bonds is 6. The number of aromatic amines is 1. The fraction of sp³-hybridized carbons (Fsp3) is 0.556. The smallest absolute Gasteiger partial charge is 0.216 e. The summed E-state index contributed by atoms with van der Waals surface area (Å²) in [7, 11) is 0. The van der Waals surface area contributed by atoms with Gasteiger partial charge in [-0.05, 0) is 48.0 Å². The Hall–Kier alpha value is -1.60. The average Bonchev–Trinajstić information content (AvgIpc) is 2.92. The van der Waals surface area contributed by atoms with E-state index in [1.165, 1.54) is 18.5 Å². The van der Waals surface area contributed by atoms with Crippen LogP contribution >= 0.6 is 12.2 Å². The molecular weight excluding hydrogens is 344 g/mol. The highest BCUT2D eigenvalue weighted by Crippen LogP contribution is 2.33. The molecule has 0 aliphatic heterocycles. The Morgan fingerprint density at radius 3 is 2.52 bits per heavy atom. The second-order valence-electron chi connectivity index (χ2n) is 7.70. The Labute approximate surface area is 151 Å². The van der Waals surface area contributed by atoms with Crippen molar-refractivity contribution in [3.8, 4) is 0 Å². The minimum absolute atomic E-state index is 0.0483. The summed E-state index contributed by atoms with van der Waals surface area (Å²) in [5, 5.41) is 13.8. The third kappa shape index (κ3) is 4.95. The molecule has 25 heavy (non-hydrogen) atoms. The Kier molecular flexibility index (Phi) is 6.11. The average molecular weight is 369 g/mol. The van der Waals surface area contributed by atoms with Crippen LogP contribution in [0.5, 0.6) is 0 Å². The molecule has 1 aromatic heterocycles. The molecule has 0 spiro atoms. The molecule has 7 heteroatoms. The van der Waals surface area contributed by atoms with Crippen LogP contribution in [0.3, 0.4) is 0 Å². The maximum atomic E-state index is 13.9. The molecular formula is C18H25F2N3OS. The van der Waals surface area contributed by atoms with E-state index < -0.39 is 17.7 Å². The fourth-order valence-electron chi connectivity index (χ4n) is 3.01. The predicted octanol–water partition coefficient (Wildman–Crippen LogP) is 4.44. The standard InChI is InChI=1S/C18H25F2N3OS/c1-11(7-12-5-6-13(19)9-14(12)20)8-15(16(24)18(2,3)4)23-17(25)21-10-22-23/h5-6,9-11,15-16,24H,7-8H2,1-4H3,(H,21,22,25). The Morgan fingerprint density at radius 2 is 2.00 bits per heavy atom. The quantitative estimate of drug-likeness (QED) is 0.741. The number of nitrogens with one attached hydrogen (secondary N) is 1. The molecule has 0 saturated heterocycles. The van der Waals surface area contributed by atoms with Crippen molar-refractivity contribution in [2.24, 2.45) is 11.3 Å². The number of aliphatic hydroxyl groups excluding tert-OH is 1. The van der Waals surface area contributed by atoms with Crippen molar-refractivity contribution in [1.29, 1.82) is 0 Å². The van der Waals surface area contributed by atoms with Gasteiger partial charge in [0.15, 0.2) is 0 Å². The summed E-state index contributed by atoms with van der Waals surface area (Å²) in [6.07, 6.45) is 1.85. The van der Waals surface area contributed by atoms with Gasteiger partial charge in [0, 0.05) is 6.07 Å². The van der Waals surface area contributed by atoms with Crippen molar-refractivity contribution >= 4 is 12.2 Å². The summed E-state index contributed by atoms with van der Waals surface area (Å²) >= 11 is 5.23. The number of nitrogens with zero attached hydrogens (tertiary/aromatic N) is 2. The van der Waals surface area contributed by atoms with Gasteiger partial charge in [0.1, 0.15) is 18.0 Å². The predicted molar refractivity (Wildman–Crippen MR) is 95.8 cm³/mol. The minimum Gasteiger partial charge on any atom is -0.390 e. The van der Waals surface area contributed by atoms with E-state index in [9.17, 15) is 13.9 Å². The number of H-pyrrole nitrogens is 1. The largest absolute Gasteiger partial charge is 0.390 e. The minimum atomic E-state index is -0.667. The third-order valence-electron chi connectivity index (χ3n) is 4.39. The zero-order chi connectivity index (χ0) is 18.8. The van der Waals surface area contributed by atoms with E-state index in [0.29, 0.717) is 23.2 Å². The third-order valence-corrected chi connectivity index (χ3v) is 4.69. The van der Waals surface area contributed by atoms with Gasteiger partial charge in [-0.3, -0.25) is 9.78 Å². The van der Waals surface area contributed by atoms with Gasteiger partial charge in [-0.15, -0.1) is 0 Å². The van der Waals surface area contributed by atoms with Crippen LogP contribution in [0, 0.1) is 27.7 Å². The number of hydrogen-bond donors (Lipinski definition) is 2. The van der Waals surface area contributed by atoms with Crippen LogP contribution in [0.2, 0.25) is 0 Å². The molecule has 2 rings (SSSR count). The summed E-state index contributed by atoms with van der Waals surface area (Å²) in [5.41, 5.74) is 0.108. The molecule has 4 nitrogen and oxygen atoms in total. The highest BCUT2D eigenvalue weighted by Gasteiger charge is 2.33. The Morgan fingerprint density at radius 1 is 1.32 bits per heavy atom. The lowest BCUT2D eigenvalue weighted by Crippen LogP contribution is -2.37. The lowest BCUT2D eigenvalue weighted by Gasteiger charge is -2.34. The van der Waals surface area contributed by atoms with E-state index in [1.807, 2.05) is 27.7 Å². The van der Waals surface area contributed by atoms with Crippen molar-refractivity contribution in [2.45, 2.75) is 52.7 Å². The maximum Gasteiger partial charge on any atom is 0.216 e. The van der Waals surface area contributed by atoms with Gasteiger partial charge in [0.25, 0.3) is 0 Å². The van der Waals surface area contributed by atoms with Gasteiger partial charge in [-0.2, -0.15) is 0 Å². The Bertz CT molecular complexity index is 766. The molecule has 1 aromatic carbocycles. The monoisotopic (exact) mass is 369 g/mol. The molecule has 0 radical (unpaired) electrons. The first-order chi connectivity index (χ1) is 11.6. The van der Waals surface area contributed by atoms with E-state index >= 15 is 0 Å². The van der Waals surface area contributed by atoms with Crippen LogP contribution in [0.1, 0.15) is 45.7 Å². The fourth-order valence-corrected chi connectivity index (χ4v) is 3.25. The van der Waals surface area contributed by atoms with Crippen LogP contribution < -0.4 is 0 Å². The number of halogens is 2. The molecule has 0 bridgehead atoms. The lowest BCUT2D eigenvalue weighted by molar-refractivity contribution is 0.00386. The molecule has 2 N–H and O–H groups in total. The highest BCUT2D eigenvalue weighted by molar-refractivity contribution is 7.71. The maximum absolute atomic E-state index is 13.9. The molecule has 1 heterocycles. The van der Waals surface area contributed by atoms with Crippen LogP contribution in [-0.2, 0) is 6.42 Å². The van der Waals surface area contributed by atoms with Gasteiger partial charge in [-0.25, -0.2) is 13.8 Å². The summed E-state index contributed by atoms with van der Waals surface area (Å²) in [6.45, 7) is 7.84. The molecule has 2 aromatic rings. The molecule has 3 atom stereocenters. The van der Waals surface area contributed by atoms with Gasteiger partial charge < -0.3 is 5.11 Å². The Balaban J connectivity index is 2.21. The van der Waals surface area contributed by atoms with Crippen molar-refractivity contribution in [2.75, 3.05) is 0 Å². The van der Waals surface area contributed by atoms with Crippen molar-refractivity contribution < 1.29 is 13.9 Å². The SMILES string of the molecule is CC(Cc1ccc(F)cc1F)CC(C(O)C(C)(C)C)n1[nH]cnc1=S. The second-order valence-corrected chi connectivity index (χ2v) is 8.06.